The number of aromatic nitrogens is 2. The molecule has 0 fully saturated rings. The Morgan fingerprint density at radius 2 is 1.60 bits per heavy atom. The van der Waals surface area contributed by atoms with Gasteiger partial charge in [0.2, 0.25) is 0 Å². The second-order valence-electron chi connectivity index (χ2n) is 6.96. The van der Waals surface area contributed by atoms with E-state index in [1.807, 2.05) is 35.0 Å². The molecule has 0 saturated carbocycles. The molecule has 5 heteroatoms. The van der Waals surface area contributed by atoms with Crippen LogP contribution in [0.3, 0.4) is 0 Å². The van der Waals surface area contributed by atoms with E-state index in [9.17, 15) is 0 Å². The number of nitrogens with zero attached hydrogens (tertiary/aromatic N) is 3. The van der Waals surface area contributed by atoms with Gasteiger partial charge in [-0.25, -0.2) is 4.68 Å². The molecule has 4 nitrogen and oxygen atoms in total. The van der Waals surface area contributed by atoms with E-state index in [1.165, 1.54) is 5.56 Å². The van der Waals surface area contributed by atoms with E-state index in [0.717, 1.165) is 33.7 Å². The van der Waals surface area contributed by atoms with Crippen molar-refractivity contribution in [2.45, 2.75) is 6.54 Å². The molecule has 0 radical (unpaired) electrons. The molecule has 132 valence electrons. The number of quaternary nitrogens is 1. The molecule has 0 aliphatic carbocycles. The first kappa shape index (κ1) is 19.5. The van der Waals surface area contributed by atoms with Gasteiger partial charge in [-0.15, -0.1) is 0 Å². The Kier molecular flexibility index (Phi) is 6.24. The number of rotatable bonds is 5. The standard InChI is InChI=1S/C20H24N3O.HI/c1-23(2,3)15-17-14-22(18-8-6-5-7-9-18)21-20(17)16-10-12-19(24-4)13-11-16;/h5-14H,15H2,1-4H3;1H/q+1;/p-1. The molecule has 1 aromatic heterocycles. The lowest BCUT2D eigenvalue weighted by molar-refractivity contribution is -0.883. The SMILES string of the molecule is COc1ccc(-c2nn(-c3ccccc3)cc2C[N+](C)(C)C)cc1.[I-]. The highest BCUT2D eigenvalue weighted by Gasteiger charge is 2.18. The molecule has 3 rings (SSSR count). The van der Waals surface area contributed by atoms with Crippen LogP contribution in [-0.4, -0.2) is 42.5 Å². The van der Waals surface area contributed by atoms with Crippen LogP contribution in [0.4, 0.5) is 0 Å². The first-order valence-electron chi connectivity index (χ1n) is 8.05. The largest absolute Gasteiger partial charge is 1.00 e. The quantitative estimate of drug-likeness (QED) is 0.425. The minimum Gasteiger partial charge on any atom is -1.00 e. The number of halogens is 1. The molecule has 0 unspecified atom stereocenters. The monoisotopic (exact) mass is 449 g/mol. The van der Waals surface area contributed by atoms with Gasteiger partial charge in [0, 0.05) is 11.8 Å². The van der Waals surface area contributed by atoms with Gasteiger partial charge in [0.05, 0.1) is 39.5 Å². The zero-order chi connectivity index (χ0) is 17.2. The van der Waals surface area contributed by atoms with Crippen LogP contribution < -0.4 is 28.7 Å². The first-order chi connectivity index (χ1) is 11.5. The van der Waals surface area contributed by atoms with Crippen molar-refractivity contribution in [3.63, 3.8) is 0 Å². The zero-order valence-electron chi connectivity index (χ0n) is 15.1. The fourth-order valence-electron chi connectivity index (χ4n) is 2.74. The number of ether oxygens (including phenoxy) is 1. The lowest BCUT2D eigenvalue weighted by Gasteiger charge is -2.23. The average Bonchev–Trinajstić information content (AvgIpc) is 2.97. The molecule has 1 heterocycles. The van der Waals surface area contributed by atoms with Crippen LogP contribution in [0.1, 0.15) is 5.56 Å². The predicted molar refractivity (Wildman–Crippen MR) is 97.3 cm³/mol. The molecule has 0 atom stereocenters. The van der Waals surface area contributed by atoms with E-state index in [0.29, 0.717) is 0 Å². The third-order valence-electron chi connectivity index (χ3n) is 3.82. The van der Waals surface area contributed by atoms with Gasteiger partial charge in [-0.05, 0) is 36.4 Å². The van der Waals surface area contributed by atoms with Crippen molar-refractivity contribution in [3.8, 4) is 22.7 Å². The van der Waals surface area contributed by atoms with Crippen molar-refractivity contribution >= 4 is 0 Å². The minimum absolute atomic E-state index is 0. The molecule has 0 amide bonds. The molecule has 3 aromatic rings. The summed E-state index contributed by atoms with van der Waals surface area (Å²) < 4.78 is 8.08. The van der Waals surface area contributed by atoms with E-state index >= 15 is 0 Å². The van der Waals surface area contributed by atoms with Crippen LogP contribution >= 0.6 is 0 Å². The van der Waals surface area contributed by atoms with E-state index in [2.05, 4.69) is 51.6 Å². The second-order valence-corrected chi connectivity index (χ2v) is 6.96. The van der Waals surface area contributed by atoms with Crippen molar-refractivity contribution in [2.75, 3.05) is 28.3 Å². The van der Waals surface area contributed by atoms with Gasteiger partial charge in [0.25, 0.3) is 0 Å². The van der Waals surface area contributed by atoms with Gasteiger partial charge >= 0.3 is 0 Å². The third-order valence-corrected chi connectivity index (χ3v) is 3.82. The van der Waals surface area contributed by atoms with Gasteiger partial charge < -0.3 is 33.2 Å². The molecule has 0 aliphatic rings. The Balaban J connectivity index is 0.00000225. The molecule has 0 N–H and O–H groups in total. The van der Waals surface area contributed by atoms with E-state index in [-0.39, 0.29) is 24.0 Å². The van der Waals surface area contributed by atoms with Gasteiger partial charge in [-0.3, -0.25) is 0 Å². The molecular formula is C20H24IN3O. The Morgan fingerprint density at radius 3 is 2.16 bits per heavy atom. The van der Waals surface area contributed by atoms with Gasteiger partial charge in [0.15, 0.2) is 0 Å². The Labute approximate surface area is 166 Å². The Bertz CT molecular complexity index is 805. The van der Waals surface area contributed by atoms with Crippen molar-refractivity contribution in [1.82, 2.24) is 9.78 Å². The van der Waals surface area contributed by atoms with Crippen LogP contribution in [0.15, 0.2) is 60.8 Å². The van der Waals surface area contributed by atoms with E-state index in [4.69, 9.17) is 9.84 Å². The Hall–Kier alpha value is -1.86. The second kappa shape index (κ2) is 8.01. The van der Waals surface area contributed by atoms with Crippen LogP contribution in [0.25, 0.3) is 16.9 Å². The van der Waals surface area contributed by atoms with E-state index in [1.54, 1.807) is 7.11 Å². The van der Waals surface area contributed by atoms with Crippen LogP contribution in [0.2, 0.25) is 0 Å². The maximum Gasteiger partial charge on any atom is 0.118 e. The number of methoxy groups -OCH3 is 1. The molecule has 0 spiro atoms. The van der Waals surface area contributed by atoms with Crippen LogP contribution in [-0.2, 0) is 6.54 Å². The Morgan fingerprint density at radius 1 is 0.960 bits per heavy atom. The molecule has 0 saturated heterocycles. The molecule has 0 aliphatic heterocycles. The summed E-state index contributed by atoms with van der Waals surface area (Å²) >= 11 is 0. The minimum atomic E-state index is 0. The summed E-state index contributed by atoms with van der Waals surface area (Å²) in [5.41, 5.74) is 4.43. The molecule has 25 heavy (non-hydrogen) atoms. The summed E-state index contributed by atoms with van der Waals surface area (Å²) in [6.45, 7) is 0.911. The highest BCUT2D eigenvalue weighted by Crippen LogP contribution is 2.27. The van der Waals surface area contributed by atoms with Gasteiger partial charge in [-0.2, -0.15) is 5.10 Å². The van der Waals surface area contributed by atoms with E-state index < -0.39 is 0 Å². The summed E-state index contributed by atoms with van der Waals surface area (Å²) in [5.74, 6) is 0.856. The smallest absolute Gasteiger partial charge is 0.118 e. The van der Waals surface area contributed by atoms with Crippen molar-refractivity contribution < 1.29 is 33.2 Å². The predicted octanol–water partition coefficient (Wildman–Crippen LogP) is 0.758. The summed E-state index contributed by atoms with van der Waals surface area (Å²) in [7, 11) is 8.26. The van der Waals surface area contributed by atoms with Gasteiger partial charge in [0.1, 0.15) is 18.0 Å². The fourth-order valence-corrected chi connectivity index (χ4v) is 2.74. The number of para-hydroxylation sites is 1. The number of hydrogen-bond donors (Lipinski definition) is 0. The first-order valence-corrected chi connectivity index (χ1v) is 8.05. The highest BCUT2D eigenvalue weighted by molar-refractivity contribution is 5.64. The summed E-state index contributed by atoms with van der Waals surface area (Å²) in [4.78, 5) is 0. The van der Waals surface area contributed by atoms with Crippen LogP contribution in [0, 0.1) is 0 Å². The lowest BCUT2D eigenvalue weighted by atomic mass is 10.1. The summed E-state index contributed by atoms with van der Waals surface area (Å²) in [5, 5.41) is 4.86. The normalized spacial score (nSPS) is 11.0. The van der Waals surface area contributed by atoms with Gasteiger partial charge in [-0.1, -0.05) is 18.2 Å². The maximum atomic E-state index is 5.26. The maximum absolute atomic E-state index is 5.26. The number of benzene rings is 2. The molecular weight excluding hydrogens is 425 g/mol. The summed E-state index contributed by atoms with van der Waals surface area (Å²) in [6, 6.07) is 18.3. The van der Waals surface area contributed by atoms with Crippen molar-refractivity contribution in [1.29, 1.82) is 0 Å². The topological polar surface area (TPSA) is 27.1 Å². The molecule has 0 bridgehead atoms. The van der Waals surface area contributed by atoms with Crippen molar-refractivity contribution in [3.05, 3.63) is 66.4 Å². The fraction of sp³-hybridized carbons (Fsp3) is 0.250. The third kappa shape index (κ3) is 4.83. The zero-order valence-corrected chi connectivity index (χ0v) is 17.3. The highest BCUT2D eigenvalue weighted by atomic mass is 127. The average molecular weight is 449 g/mol. The molecule has 2 aromatic carbocycles. The number of hydrogen-bond acceptors (Lipinski definition) is 2. The summed E-state index contributed by atoms with van der Waals surface area (Å²) in [6.07, 6.45) is 2.14. The lowest BCUT2D eigenvalue weighted by Crippen LogP contribution is -3.00. The van der Waals surface area contributed by atoms with Crippen LogP contribution in [0.5, 0.6) is 5.75 Å². The van der Waals surface area contributed by atoms with Crippen molar-refractivity contribution in [2.24, 2.45) is 0 Å².